The average Bonchev–Trinajstić information content (AvgIpc) is 1.77. The van der Waals surface area contributed by atoms with Crippen molar-refractivity contribution in [3.63, 3.8) is 0 Å². The predicted octanol–water partition coefficient (Wildman–Crippen LogP) is 20.4. The summed E-state index contributed by atoms with van der Waals surface area (Å²) in [5.74, 6) is 5.55. The van der Waals surface area contributed by atoms with Crippen LogP contribution in [0, 0.1) is 0 Å². The molecule has 0 aromatic carbocycles. The van der Waals surface area contributed by atoms with Crippen molar-refractivity contribution < 1.29 is 0 Å². The zero-order valence-electron chi connectivity index (χ0n) is 71.6. The molecule has 1 aliphatic rings. The molecule has 24 nitrogen and oxygen atoms in total. The molecule has 0 fully saturated rings. The third-order valence-electron chi connectivity index (χ3n) is 18.3. The van der Waals surface area contributed by atoms with Gasteiger partial charge in [-0.3, -0.25) is 19.9 Å². The second-order valence-corrected chi connectivity index (χ2v) is 32.8. The van der Waals surface area contributed by atoms with Crippen molar-refractivity contribution >= 4 is 72.9 Å². The topological polar surface area (TPSA) is 293 Å². The molecular formula is C87H120N24. The second kappa shape index (κ2) is 38.6. The fourth-order valence-electron chi connectivity index (χ4n) is 12.5. The lowest BCUT2D eigenvalue weighted by Gasteiger charge is -2.14. The Balaban J connectivity index is 0.000000163. The fourth-order valence-corrected chi connectivity index (χ4v) is 12.5. The maximum Gasteiger partial charge on any atom is 0.200 e. The minimum atomic E-state index is 0.358. The molecule has 13 aromatic heterocycles. The summed E-state index contributed by atoms with van der Waals surface area (Å²) >= 11 is 0. The molecule has 0 saturated heterocycles. The van der Waals surface area contributed by atoms with Crippen molar-refractivity contribution in [1.29, 1.82) is 0 Å². The van der Waals surface area contributed by atoms with Crippen molar-refractivity contribution in [2.45, 2.75) is 283 Å². The third-order valence-corrected chi connectivity index (χ3v) is 18.3. The molecule has 0 unspecified atom stereocenters. The number of aliphatic imine (C=N–C) groups is 1. The van der Waals surface area contributed by atoms with Crippen molar-refractivity contribution in [2.75, 3.05) is 0 Å². The number of rotatable bonds is 14. The van der Waals surface area contributed by atoms with Gasteiger partial charge in [0, 0.05) is 57.5 Å². The summed E-state index contributed by atoms with van der Waals surface area (Å²) in [6.07, 6.45) is 19.7. The smallest absolute Gasteiger partial charge is 0.200 e. The Labute approximate surface area is 657 Å². The van der Waals surface area contributed by atoms with E-state index in [4.69, 9.17) is 24.9 Å². The van der Waals surface area contributed by atoms with Gasteiger partial charge in [-0.1, -0.05) is 194 Å². The van der Waals surface area contributed by atoms with E-state index in [0.717, 1.165) is 141 Å². The highest BCUT2D eigenvalue weighted by atomic mass is 15.3. The highest BCUT2D eigenvalue weighted by Crippen LogP contribution is 2.32. The lowest BCUT2D eigenvalue weighted by atomic mass is 10.00. The Kier molecular flexibility index (Phi) is 30.0. The zero-order valence-corrected chi connectivity index (χ0v) is 71.6. The first kappa shape index (κ1) is 86.3. The van der Waals surface area contributed by atoms with Crippen LogP contribution >= 0.6 is 0 Å². The van der Waals surface area contributed by atoms with E-state index in [1.165, 1.54) is 0 Å². The molecule has 13 aromatic rings. The van der Waals surface area contributed by atoms with E-state index >= 15 is 0 Å². The standard InChI is InChI=1S/C13H19N3.2C13H17N3.C12H18N4.2C12H16N4.C12H17N3/c1-8(2)12-13(9(3)4)15-11-7-16(5)6-10(11)14-12;2*1-8(2)12-13(9(3)4)16-11-7-14-6-5-10(11)15-12;1-7(2)10-11(8(3)4)15-12-9(14-10)6-13-16(12)5;1-7(2)9-10(8(3)4)16-12-11(15-9)13-5-6-14-12;1-7(2)10-11(8(3)4)15-12-9(14-10)5-6-13-16-12;1-7(2)11-12(8(3)4)15-10-6-13-5-9(10)14-11/h6-9H,1-5H3;2*5-9H,1-4H3;6-8H,1-5H3;2*5-8H,1-4H3;5,7-8H,6H2,1-4H3. The zero-order chi connectivity index (χ0) is 81.6. The van der Waals surface area contributed by atoms with Gasteiger partial charge in [-0.15, -0.1) is 5.10 Å². The minimum absolute atomic E-state index is 0.358. The van der Waals surface area contributed by atoms with Crippen LogP contribution in [-0.4, -0.2) is 120 Å². The Morgan fingerprint density at radius 1 is 0.279 bits per heavy atom. The summed E-state index contributed by atoms with van der Waals surface area (Å²) in [4.78, 5) is 86.0. The van der Waals surface area contributed by atoms with E-state index in [-0.39, 0.29) is 0 Å². The lowest BCUT2D eigenvalue weighted by molar-refractivity contribution is 0.715. The summed E-state index contributed by atoms with van der Waals surface area (Å²) in [5.41, 5.74) is 27.4. The van der Waals surface area contributed by atoms with E-state index in [0.29, 0.717) is 106 Å². The van der Waals surface area contributed by atoms with E-state index < -0.39 is 0 Å². The molecular weight excluding hydrogens is 1380 g/mol. The Hall–Kier alpha value is -10.3. The summed E-state index contributed by atoms with van der Waals surface area (Å²) in [5, 5.41) is 12.0. The first-order chi connectivity index (χ1) is 52.5. The molecule has 0 amide bonds. The van der Waals surface area contributed by atoms with E-state index in [1.54, 1.807) is 54.3 Å². The quantitative estimate of drug-likeness (QED) is 0.0977. The van der Waals surface area contributed by atoms with Gasteiger partial charge in [0.2, 0.25) is 5.65 Å². The average molecular weight is 1500 g/mol. The molecule has 0 spiro atoms. The Bertz CT molecular complexity index is 4640. The fraction of sp³-hybridized carbons (Fsp3) is 0.517. The predicted molar refractivity (Wildman–Crippen MR) is 450 cm³/mol. The maximum atomic E-state index is 4.73. The molecule has 24 heteroatoms. The van der Waals surface area contributed by atoms with Crippen LogP contribution in [0.1, 0.15) is 368 Å². The van der Waals surface area contributed by atoms with Crippen molar-refractivity contribution in [3.05, 3.63) is 171 Å². The van der Waals surface area contributed by atoms with E-state index in [1.807, 2.05) is 55.5 Å². The van der Waals surface area contributed by atoms with Crippen LogP contribution in [0.2, 0.25) is 0 Å². The van der Waals surface area contributed by atoms with Crippen LogP contribution in [0.25, 0.3) is 66.7 Å². The first-order valence-electron chi connectivity index (χ1n) is 39.6. The van der Waals surface area contributed by atoms with Crippen molar-refractivity contribution in [1.82, 2.24) is 114 Å². The minimum Gasteiger partial charge on any atom is -0.353 e. The molecule has 1 aliphatic heterocycles. The van der Waals surface area contributed by atoms with Crippen LogP contribution in [0.15, 0.2) is 85.2 Å². The molecule has 0 bridgehead atoms. The SMILES string of the molecule is CC(C)c1nc2c(nc1C(C)C)CN=C2.CC(C)c1nc2ccncc2nc1C(C)C.CC(C)c1nc2ccncc2nc1C(C)C.CC(C)c1nc2ccnnc2nc1C(C)C.CC(C)c1nc2cn(C)cc2nc1C(C)C.CC(C)c1nc2cnn(C)c2nc1C(C)C.CC(C)c1nc2nccnc2nc1C(C)C. The number of hydrogen-bond acceptors (Lipinski definition) is 22. The van der Waals surface area contributed by atoms with Gasteiger partial charge >= 0.3 is 0 Å². The maximum absolute atomic E-state index is 4.73. The van der Waals surface area contributed by atoms with Crippen LogP contribution in [-0.2, 0) is 20.6 Å². The third kappa shape index (κ3) is 21.9. The molecule has 0 atom stereocenters. The van der Waals surface area contributed by atoms with Crippen molar-refractivity contribution in [2.24, 2.45) is 19.1 Å². The molecule has 0 radical (unpaired) electrons. The number of aromatic nitrogens is 23. The van der Waals surface area contributed by atoms with Crippen LogP contribution in [0.5, 0.6) is 0 Å². The molecule has 111 heavy (non-hydrogen) atoms. The molecule has 588 valence electrons. The van der Waals surface area contributed by atoms with Gasteiger partial charge in [0.25, 0.3) is 0 Å². The van der Waals surface area contributed by atoms with Gasteiger partial charge in [-0.05, 0) is 101 Å². The Morgan fingerprint density at radius 2 is 0.586 bits per heavy atom. The molecule has 0 saturated carbocycles. The van der Waals surface area contributed by atoms with Gasteiger partial charge in [-0.25, -0.2) is 79.4 Å². The highest BCUT2D eigenvalue weighted by molar-refractivity contribution is 5.81. The number of aryl methyl sites for hydroxylation is 2. The largest absolute Gasteiger partial charge is 0.353 e. The van der Waals surface area contributed by atoms with E-state index in [9.17, 15) is 0 Å². The van der Waals surface area contributed by atoms with Gasteiger partial charge in [0.1, 0.15) is 38.8 Å². The normalized spacial score (nSPS) is 12.0. The summed E-state index contributed by atoms with van der Waals surface area (Å²) in [6, 6.07) is 5.68. The summed E-state index contributed by atoms with van der Waals surface area (Å²) < 4.78 is 3.79. The Morgan fingerprint density at radius 3 is 0.973 bits per heavy atom. The molecule has 14 heterocycles. The summed E-state index contributed by atoms with van der Waals surface area (Å²) in [7, 11) is 3.91. The highest BCUT2D eigenvalue weighted by Gasteiger charge is 2.23. The van der Waals surface area contributed by atoms with Crippen LogP contribution in [0.4, 0.5) is 0 Å². The number of nitrogens with zero attached hydrogens (tertiary/aromatic N) is 24. The molecule has 14 rings (SSSR count). The number of fused-ring (bicyclic) bond motifs is 7. The van der Waals surface area contributed by atoms with Gasteiger partial charge in [-0.2, -0.15) is 10.2 Å². The van der Waals surface area contributed by atoms with Gasteiger partial charge < -0.3 is 4.57 Å². The number of hydrogen-bond donors (Lipinski definition) is 0. The summed E-state index contributed by atoms with van der Waals surface area (Å²) in [6.45, 7) is 60.9. The first-order valence-corrected chi connectivity index (χ1v) is 39.6. The van der Waals surface area contributed by atoms with Crippen LogP contribution in [0.3, 0.4) is 0 Å². The molecule has 0 aliphatic carbocycles. The van der Waals surface area contributed by atoms with Crippen LogP contribution < -0.4 is 0 Å². The lowest BCUT2D eigenvalue weighted by Crippen LogP contribution is -2.09. The monoisotopic (exact) mass is 1500 g/mol. The van der Waals surface area contributed by atoms with Gasteiger partial charge in [0.05, 0.1) is 128 Å². The molecule has 0 N–H and O–H groups in total. The van der Waals surface area contributed by atoms with Crippen molar-refractivity contribution in [3.8, 4) is 0 Å². The number of pyridine rings is 2. The second-order valence-electron chi connectivity index (χ2n) is 32.8. The van der Waals surface area contributed by atoms with Gasteiger partial charge in [0.15, 0.2) is 16.9 Å². The van der Waals surface area contributed by atoms with E-state index in [2.05, 4.69) is 279 Å².